The summed E-state index contributed by atoms with van der Waals surface area (Å²) in [7, 11) is 2.65. The largest absolute Gasteiger partial charge is 0.493 e. The molecule has 0 unspecified atom stereocenters. The first-order valence-electron chi connectivity index (χ1n) is 9.98. The molecule has 35 heavy (non-hydrogen) atoms. The highest BCUT2D eigenvalue weighted by Gasteiger charge is 2.42. The van der Waals surface area contributed by atoms with Gasteiger partial charge in [-0.1, -0.05) is 0 Å². The molecule has 15 heteroatoms. The molecule has 0 saturated carbocycles. The summed E-state index contributed by atoms with van der Waals surface area (Å²) in [5.41, 5.74) is 9.81. The van der Waals surface area contributed by atoms with Crippen molar-refractivity contribution in [3.63, 3.8) is 0 Å². The molecule has 0 aliphatic carbocycles. The second-order valence-corrected chi connectivity index (χ2v) is 7.04. The molecule has 3 amide bonds. The molecule has 0 spiro atoms. The highest BCUT2D eigenvalue weighted by molar-refractivity contribution is 5.73. The van der Waals surface area contributed by atoms with Crippen molar-refractivity contribution in [1.82, 2.24) is 4.90 Å². The van der Waals surface area contributed by atoms with Crippen molar-refractivity contribution in [3.05, 3.63) is 39.5 Å². The zero-order valence-electron chi connectivity index (χ0n) is 18.8. The van der Waals surface area contributed by atoms with Crippen molar-refractivity contribution in [1.29, 1.82) is 0 Å². The van der Waals surface area contributed by atoms with Crippen molar-refractivity contribution < 1.29 is 47.8 Å². The Hall–Kier alpha value is -4.56. The van der Waals surface area contributed by atoms with E-state index >= 15 is 0 Å². The number of nitrogens with zero attached hydrogens (tertiary/aromatic N) is 2. The molecule has 1 aromatic carbocycles. The summed E-state index contributed by atoms with van der Waals surface area (Å²) in [6.45, 7) is -1.00. The molecule has 4 N–H and O–H groups in total. The van der Waals surface area contributed by atoms with Gasteiger partial charge in [0.15, 0.2) is 11.5 Å². The van der Waals surface area contributed by atoms with Gasteiger partial charge >= 0.3 is 18.3 Å². The van der Waals surface area contributed by atoms with E-state index in [0.717, 1.165) is 17.0 Å². The zero-order chi connectivity index (χ0) is 26.1. The summed E-state index contributed by atoms with van der Waals surface area (Å²) in [5.74, 6) is 0.288. The van der Waals surface area contributed by atoms with Gasteiger partial charge in [0.1, 0.15) is 25.6 Å². The molecule has 1 saturated heterocycles. The fourth-order valence-electron chi connectivity index (χ4n) is 3.57. The first-order valence-corrected chi connectivity index (χ1v) is 9.98. The Morgan fingerprint density at radius 3 is 2.34 bits per heavy atom. The van der Waals surface area contributed by atoms with Crippen molar-refractivity contribution in [3.8, 4) is 11.5 Å². The van der Waals surface area contributed by atoms with E-state index < -0.39 is 48.6 Å². The van der Waals surface area contributed by atoms with E-state index in [1.54, 1.807) is 0 Å². The summed E-state index contributed by atoms with van der Waals surface area (Å²) >= 11 is 0. The Bertz CT molecular complexity index is 1030. The van der Waals surface area contributed by atoms with Crippen LogP contribution in [-0.4, -0.2) is 73.9 Å². The zero-order valence-corrected chi connectivity index (χ0v) is 18.8. The number of hydrogen-bond donors (Lipinski definition) is 2. The number of allylic oxidation sites excluding steroid dienone is 1. The van der Waals surface area contributed by atoms with Crippen LogP contribution in [0.2, 0.25) is 0 Å². The minimum atomic E-state index is -1.14. The Morgan fingerprint density at radius 1 is 1.14 bits per heavy atom. The summed E-state index contributed by atoms with van der Waals surface area (Å²) in [4.78, 5) is 58.4. The molecule has 1 aliphatic heterocycles. The molecule has 2 rings (SSSR count). The van der Waals surface area contributed by atoms with Crippen LogP contribution in [0.1, 0.15) is 12.0 Å². The number of ether oxygens (including phenoxy) is 5. The van der Waals surface area contributed by atoms with Crippen LogP contribution in [0.15, 0.2) is 23.8 Å². The maximum absolute atomic E-state index is 12.9. The van der Waals surface area contributed by atoms with Crippen molar-refractivity contribution in [2.24, 2.45) is 11.5 Å². The molecule has 1 aliphatic rings. The number of methoxy groups -OCH3 is 2. The number of carbonyl (C=O) groups excluding carboxylic acids is 4. The van der Waals surface area contributed by atoms with E-state index in [1.165, 1.54) is 20.3 Å². The van der Waals surface area contributed by atoms with Gasteiger partial charge in [0.25, 0.3) is 5.69 Å². The maximum atomic E-state index is 12.9. The lowest BCUT2D eigenvalue weighted by molar-refractivity contribution is -0.385. The number of nitro groups is 1. The Balaban J connectivity index is 2.31. The third-order valence-corrected chi connectivity index (χ3v) is 5.02. The second kappa shape index (κ2) is 12.1. The van der Waals surface area contributed by atoms with Crippen LogP contribution < -0.4 is 20.9 Å². The van der Waals surface area contributed by atoms with Crippen LogP contribution in [0.5, 0.6) is 11.5 Å². The monoisotopic (exact) mass is 496 g/mol. The van der Waals surface area contributed by atoms with Gasteiger partial charge in [0.05, 0.1) is 36.8 Å². The van der Waals surface area contributed by atoms with Crippen LogP contribution in [0.4, 0.5) is 20.1 Å². The Kier molecular flexibility index (Phi) is 9.19. The lowest BCUT2D eigenvalue weighted by Crippen LogP contribution is -2.44. The molecule has 1 fully saturated rings. The first-order chi connectivity index (χ1) is 16.6. The average Bonchev–Trinajstić information content (AvgIpc) is 3.21. The van der Waals surface area contributed by atoms with Gasteiger partial charge in [-0.25, -0.2) is 14.4 Å². The molecule has 1 heterocycles. The van der Waals surface area contributed by atoms with E-state index in [9.17, 15) is 29.3 Å². The molecule has 0 bridgehead atoms. The Labute approximate surface area is 198 Å². The van der Waals surface area contributed by atoms with Crippen molar-refractivity contribution in [2.75, 3.05) is 27.4 Å². The number of aldehydes is 1. The molecule has 15 nitrogen and oxygen atoms in total. The number of rotatable bonds is 10. The number of hydrogen-bond acceptors (Lipinski definition) is 11. The lowest BCUT2D eigenvalue weighted by Gasteiger charge is -2.28. The Morgan fingerprint density at radius 2 is 1.80 bits per heavy atom. The van der Waals surface area contributed by atoms with Crippen LogP contribution in [-0.2, 0) is 25.6 Å². The SMILES string of the molecule is COc1cc(COC(=O)N2CC[C@@H](OC(N)=O)[C@H]2/C(=C\C=O)COC(N)=O)c([N+](=O)[O-])cc1OC. The van der Waals surface area contributed by atoms with Crippen molar-refractivity contribution >= 4 is 30.3 Å². The molecule has 1 aromatic rings. The molecule has 0 radical (unpaired) electrons. The molecular weight excluding hydrogens is 472 g/mol. The van der Waals surface area contributed by atoms with E-state index in [0.29, 0.717) is 6.29 Å². The molecule has 0 aromatic heterocycles. The predicted molar refractivity (Wildman–Crippen MR) is 116 cm³/mol. The second-order valence-electron chi connectivity index (χ2n) is 7.04. The van der Waals surface area contributed by atoms with Gasteiger partial charge in [-0.3, -0.25) is 19.8 Å². The average molecular weight is 496 g/mol. The van der Waals surface area contributed by atoms with Gasteiger partial charge in [0, 0.05) is 13.0 Å². The fraction of sp³-hybridized carbons (Fsp3) is 0.400. The van der Waals surface area contributed by atoms with Gasteiger partial charge in [-0.2, -0.15) is 0 Å². The summed E-state index contributed by atoms with van der Waals surface area (Å²) < 4.78 is 25.3. The molecule has 190 valence electrons. The summed E-state index contributed by atoms with van der Waals surface area (Å²) in [5, 5.41) is 11.5. The third kappa shape index (κ3) is 6.72. The van der Waals surface area contributed by atoms with Crippen LogP contribution in [0, 0.1) is 10.1 Å². The quantitative estimate of drug-likeness (QED) is 0.153. The molecule has 2 atom stereocenters. The number of carbonyl (C=O) groups is 4. The lowest BCUT2D eigenvalue weighted by atomic mass is 10.0. The standard InChI is InChI=1S/C20H24N4O11/c1-31-15-7-12(13(24(29)30)8-16(15)32-2)10-34-20(28)23-5-3-14(35-19(22)27)17(23)11(4-6-25)9-33-18(21)26/h4,6-8,14,17H,3,5,9-10H2,1-2H3,(H2,21,26)(H2,22,27)/b11-4-/t14-,17-/m1/s1. The number of primary amides is 2. The predicted octanol–water partition coefficient (Wildman–Crippen LogP) is 1.01. The highest BCUT2D eigenvalue weighted by atomic mass is 16.6. The first kappa shape index (κ1) is 26.7. The van der Waals surface area contributed by atoms with Crippen LogP contribution in [0.3, 0.4) is 0 Å². The topological polar surface area (TPSA) is 213 Å². The van der Waals surface area contributed by atoms with Gasteiger partial charge in [0.2, 0.25) is 0 Å². The minimum Gasteiger partial charge on any atom is -0.493 e. The van der Waals surface area contributed by atoms with Crippen LogP contribution in [0.25, 0.3) is 0 Å². The number of benzene rings is 1. The van der Waals surface area contributed by atoms with E-state index in [4.69, 9.17) is 35.2 Å². The van der Waals surface area contributed by atoms with Gasteiger partial charge in [-0.15, -0.1) is 0 Å². The maximum Gasteiger partial charge on any atom is 0.410 e. The fourth-order valence-corrected chi connectivity index (χ4v) is 3.57. The van der Waals surface area contributed by atoms with Crippen molar-refractivity contribution in [2.45, 2.75) is 25.2 Å². The normalized spacial score (nSPS) is 17.3. The number of nitrogens with two attached hydrogens (primary N) is 2. The third-order valence-electron chi connectivity index (χ3n) is 5.02. The summed E-state index contributed by atoms with van der Waals surface area (Å²) in [6, 6.07) is 1.34. The van der Waals surface area contributed by atoms with Crippen LogP contribution >= 0.6 is 0 Å². The molecular formula is C20H24N4O11. The highest BCUT2D eigenvalue weighted by Crippen LogP contribution is 2.35. The number of likely N-dealkylation sites (tertiary alicyclic amines) is 1. The summed E-state index contributed by atoms with van der Waals surface area (Å²) in [6.07, 6.45) is -2.68. The number of amides is 3. The van der Waals surface area contributed by atoms with E-state index in [2.05, 4.69) is 0 Å². The minimum absolute atomic E-state index is 0.00222. The number of nitro benzene ring substituents is 1. The van der Waals surface area contributed by atoms with E-state index in [1.807, 2.05) is 0 Å². The smallest absolute Gasteiger partial charge is 0.410 e. The van der Waals surface area contributed by atoms with Gasteiger partial charge in [-0.05, 0) is 17.7 Å². The van der Waals surface area contributed by atoms with E-state index in [-0.39, 0.29) is 41.3 Å². The van der Waals surface area contributed by atoms with Gasteiger partial charge < -0.3 is 35.2 Å².